The van der Waals surface area contributed by atoms with Crippen LogP contribution in [0.25, 0.3) is 6.08 Å². The van der Waals surface area contributed by atoms with Gasteiger partial charge in [0.1, 0.15) is 10.9 Å². The third kappa shape index (κ3) is 8.48. The molecule has 5 aromatic carbocycles. The molecule has 246 valence electrons. The molecule has 0 saturated carbocycles. The lowest BCUT2D eigenvalue weighted by Crippen LogP contribution is -2.30. The molecule has 1 heterocycles. The van der Waals surface area contributed by atoms with Gasteiger partial charge in [0, 0.05) is 47.7 Å². The van der Waals surface area contributed by atoms with Crippen LogP contribution in [0, 0.1) is 0 Å². The Morgan fingerprint density at radius 2 is 1.39 bits per heavy atom. The number of anilines is 3. The van der Waals surface area contributed by atoms with Crippen molar-refractivity contribution in [2.24, 2.45) is 0 Å². The predicted octanol–water partition coefficient (Wildman–Crippen LogP) is 7.36. The van der Waals surface area contributed by atoms with Crippen LogP contribution in [0.5, 0.6) is 11.5 Å². The van der Waals surface area contributed by atoms with Gasteiger partial charge in [0.25, 0.3) is 11.8 Å². The van der Waals surface area contributed by atoms with Crippen LogP contribution in [0.2, 0.25) is 0 Å². The van der Waals surface area contributed by atoms with Crippen molar-refractivity contribution in [3.63, 3.8) is 0 Å². The van der Waals surface area contributed by atoms with E-state index in [0.29, 0.717) is 28.4 Å². The first-order valence-electron chi connectivity index (χ1n) is 15.5. The number of carbonyl (C=O) groups excluding carboxylic acids is 3. The SMILES string of the molecule is CN(C)c1ccc(/C=C(\NC(=O)c2ccccc2)C(=O)Nc2ccc(SC(C(=O)Nc3ccc4c(c3)OCO4)c3ccccc3)cc2)cc1. The van der Waals surface area contributed by atoms with Crippen LogP contribution in [-0.4, -0.2) is 38.6 Å². The molecule has 1 aliphatic rings. The first-order chi connectivity index (χ1) is 23.8. The Balaban J connectivity index is 1.18. The number of amides is 3. The van der Waals surface area contributed by atoms with E-state index < -0.39 is 17.1 Å². The molecular formula is C39H34N4O5S. The fourth-order valence-electron chi connectivity index (χ4n) is 5.01. The zero-order valence-electron chi connectivity index (χ0n) is 26.9. The maximum absolute atomic E-state index is 13.6. The molecule has 0 spiro atoms. The Labute approximate surface area is 288 Å². The van der Waals surface area contributed by atoms with Crippen LogP contribution in [0.15, 0.2) is 138 Å². The van der Waals surface area contributed by atoms with Gasteiger partial charge in [-0.05, 0) is 77.9 Å². The maximum Gasteiger partial charge on any atom is 0.272 e. The third-order valence-corrected chi connectivity index (χ3v) is 8.86. The van der Waals surface area contributed by atoms with E-state index in [4.69, 9.17) is 9.47 Å². The van der Waals surface area contributed by atoms with Gasteiger partial charge in [-0.25, -0.2) is 0 Å². The molecule has 0 bridgehead atoms. The van der Waals surface area contributed by atoms with Crippen molar-refractivity contribution in [1.29, 1.82) is 0 Å². The number of thioether (sulfide) groups is 1. The zero-order chi connectivity index (χ0) is 34.2. The summed E-state index contributed by atoms with van der Waals surface area (Å²) in [6.07, 6.45) is 1.64. The summed E-state index contributed by atoms with van der Waals surface area (Å²) < 4.78 is 10.8. The van der Waals surface area contributed by atoms with Crippen molar-refractivity contribution >= 4 is 52.6 Å². The van der Waals surface area contributed by atoms with Crippen LogP contribution in [0.3, 0.4) is 0 Å². The number of fused-ring (bicyclic) bond motifs is 1. The summed E-state index contributed by atoms with van der Waals surface area (Å²) in [6.45, 7) is 0.149. The normalized spacial score (nSPS) is 12.5. The lowest BCUT2D eigenvalue weighted by atomic mass is 10.1. The summed E-state index contributed by atoms with van der Waals surface area (Å²) in [5.74, 6) is 0.143. The maximum atomic E-state index is 13.6. The van der Waals surface area contributed by atoms with Crippen LogP contribution in [0.1, 0.15) is 26.7 Å². The molecule has 0 aromatic heterocycles. The summed E-state index contributed by atoms with van der Waals surface area (Å²) in [5.41, 5.74) is 4.25. The summed E-state index contributed by atoms with van der Waals surface area (Å²) in [4.78, 5) is 43.0. The number of nitrogens with zero attached hydrogens (tertiary/aromatic N) is 1. The second kappa shape index (κ2) is 15.3. The molecule has 3 N–H and O–H groups in total. The first kappa shape index (κ1) is 32.9. The summed E-state index contributed by atoms with van der Waals surface area (Å²) in [6, 6.07) is 38.4. The molecule has 3 amide bonds. The van der Waals surface area contributed by atoms with Crippen LogP contribution < -0.4 is 30.3 Å². The highest BCUT2D eigenvalue weighted by Crippen LogP contribution is 2.38. The standard InChI is InChI=1S/C39H34N4O5S/c1-43(2)31-18-13-26(14-19-31)23-33(42-37(44)28-11-7-4-8-12-28)38(45)40-29-15-20-32(21-16-29)49-36(27-9-5-3-6-10-27)39(46)41-30-17-22-34-35(24-30)48-25-47-34/h3-24,36H,25H2,1-2H3,(H,40,45)(H,41,46)(H,42,44)/b33-23-. The van der Waals surface area contributed by atoms with Gasteiger partial charge in [-0.15, -0.1) is 11.8 Å². The minimum atomic E-state index is -0.561. The van der Waals surface area contributed by atoms with Crippen molar-refractivity contribution in [2.45, 2.75) is 10.1 Å². The predicted molar refractivity (Wildman–Crippen MR) is 194 cm³/mol. The van der Waals surface area contributed by atoms with E-state index in [2.05, 4.69) is 16.0 Å². The fraction of sp³-hybridized carbons (Fsp3) is 0.103. The summed E-state index contributed by atoms with van der Waals surface area (Å²) in [5, 5.41) is 8.11. The monoisotopic (exact) mass is 670 g/mol. The van der Waals surface area contributed by atoms with Crippen molar-refractivity contribution < 1.29 is 23.9 Å². The minimum Gasteiger partial charge on any atom is -0.454 e. The van der Waals surface area contributed by atoms with Gasteiger partial charge in [0.2, 0.25) is 12.7 Å². The van der Waals surface area contributed by atoms with E-state index >= 15 is 0 Å². The first-order valence-corrected chi connectivity index (χ1v) is 16.4. The largest absolute Gasteiger partial charge is 0.454 e. The highest BCUT2D eigenvalue weighted by atomic mass is 32.2. The van der Waals surface area contributed by atoms with Crippen LogP contribution in [-0.2, 0) is 9.59 Å². The van der Waals surface area contributed by atoms with Crippen molar-refractivity contribution in [2.75, 3.05) is 36.4 Å². The van der Waals surface area contributed by atoms with E-state index in [1.54, 1.807) is 60.7 Å². The lowest BCUT2D eigenvalue weighted by Gasteiger charge is -2.18. The minimum absolute atomic E-state index is 0.0919. The van der Waals surface area contributed by atoms with Gasteiger partial charge < -0.3 is 30.3 Å². The van der Waals surface area contributed by atoms with Gasteiger partial charge in [-0.1, -0.05) is 60.7 Å². The molecule has 0 aliphatic carbocycles. The average molecular weight is 671 g/mol. The Bertz CT molecular complexity index is 1970. The number of benzene rings is 5. The third-order valence-electron chi connectivity index (χ3n) is 7.60. The number of ether oxygens (including phenoxy) is 2. The van der Waals surface area contributed by atoms with Gasteiger partial charge in [-0.2, -0.15) is 0 Å². The smallest absolute Gasteiger partial charge is 0.272 e. The molecule has 1 aliphatic heterocycles. The Morgan fingerprint density at radius 3 is 2.08 bits per heavy atom. The number of hydrogen-bond acceptors (Lipinski definition) is 7. The van der Waals surface area contributed by atoms with Gasteiger partial charge in [0.05, 0.1) is 0 Å². The molecule has 10 heteroatoms. The highest BCUT2D eigenvalue weighted by molar-refractivity contribution is 8.00. The second-order valence-corrected chi connectivity index (χ2v) is 12.5. The highest BCUT2D eigenvalue weighted by Gasteiger charge is 2.24. The molecule has 0 saturated heterocycles. The molecule has 5 aromatic rings. The molecule has 49 heavy (non-hydrogen) atoms. The quantitative estimate of drug-likeness (QED) is 0.0995. The number of nitrogens with one attached hydrogen (secondary N) is 3. The Hall–Kier alpha value is -6.00. The van der Waals surface area contributed by atoms with E-state index in [9.17, 15) is 14.4 Å². The number of carbonyl (C=O) groups is 3. The molecule has 0 fully saturated rings. The van der Waals surface area contributed by atoms with Gasteiger partial charge >= 0.3 is 0 Å². The molecule has 1 unspecified atom stereocenters. The van der Waals surface area contributed by atoms with Crippen molar-refractivity contribution in [1.82, 2.24) is 5.32 Å². The van der Waals surface area contributed by atoms with E-state index in [-0.39, 0.29) is 18.4 Å². The summed E-state index contributed by atoms with van der Waals surface area (Å²) >= 11 is 1.39. The van der Waals surface area contributed by atoms with Crippen molar-refractivity contribution in [3.8, 4) is 11.5 Å². The van der Waals surface area contributed by atoms with Crippen molar-refractivity contribution in [3.05, 3.63) is 150 Å². The Kier molecular flexibility index (Phi) is 10.3. The molecule has 1 atom stereocenters. The average Bonchev–Trinajstić information content (AvgIpc) is 3.60. The number of rotatable bonds is 11. The van der Waals surface area contributed by atoms with E-state index in [0.717, 1.165) is 21.7 Å². The second-order valence-electron chi connectivity index (χ2n) is 11.3. The molecule has 6 rings (SSSR count). The topological polar surface area (TPSA) is 109 Å². The molecule has 0 radical (unpaired) electrons. The Morgan fingerprint density at radius 1 is 0.735 bits per heavy atom. The van der Waals surface area contributed by atoms with E-state index in [1.165, 1.54) is 11.8 Å². The summed E-state index contributed by atoms with van der Waals surface area (Å²) in [7, 11) is 3.90. The lowest BCUT2D eigenvalue weighted by molar-refractivity contribution is -0.116. The van der Waals surface area contributed by atoms with Crippen LogP contribution >= 0.6 is 11.8 Å². The number of hydrogen-bond donors (Lipinski definition) is 3. The fourth-order valence-corrected chi connectivity index (χ4v) is 6.04. The molecular weight excluding hydrogens is 637 g/mol. The van der Waals surface area contributed by atoms with E-state index in [1.807, 2.05) is 91.8 Å². The molecule has 9 nitrogen and oxygen atoms in total. The van der Waals surface area contributed by atoms with Crippen LogP contribution in [0.4, 0.5) is 17.1 Å². The van der Waals surface area contributed by atoms with Gasteiger partial charge in [0.15, 0.2) is 11.5 Å². The van der Waals surface area contributed by atoms with Gasteiger partial charge in [-0.3, -0.25) is 14.4 Å². The zero-order valence-corrected chi connectivity index (χ0v) is 27.7.